The summed E-state index contributed by atoms with van der Waals surface area (Å²) in [6.45, 7) is 11.0. The molecule has 10 heteroatoms. The van der Waals surface area contributed by atoms with Crippen LogP contribution in [0.25, 0.3) is 0 Å². The topological polar surface area (TPSA) is 129 Å². The molecule has 2 aromatic rings. The second-order valence-corrected chi connectivity index (χ2v) is 7.56. The Morgan fingerprint density at radius 1 is 0.971 bits per heavy atom. The molecular formula is C24H36N4O6. The fourth-order valence-corrected chi connectivity index (χ4v) is 3.58. The minimum absolute atomic E-state index is 0.0370. The molecule has 0 aliphatic rings. The summed E-state index contributed by atoms with van der Waals surface area (Å²) in [7, 11) is 0. The van der Waals surface area contributed by atoms with Gasteiger partial charge in [0, 0.05) is 18.7 Å². The molecular weight excluding hydrogens is 440 g/mol. The fraction of sp³-hybridized carbons (Fsp3) is 0.542. The fourth-order valence-electron chi connectivity index (χ4n) is 3.58. The van der Waals surface area contributed by atoms with Crippen LogP contribution in [0.5, 0.6) is 17.2 Å². The second-order valence-electron chi connectivity index (χ2n) is 7.56. The van der Waals surface area contributed by atoms with Crippen LogP contribution in [0.1, 0.15) is 64.2 Å². The van der Waals surface area contributed by atoms with Crippen molar-refractivity contribution >= 4 is 17.4 Å². The first-order valence-electron chi connectivity index (χ1n) is 11.8. The highest BCUT2D eigenvalue weighted by molar-refractivity contribution is 6.08. The number of aromatic nitrogens is 2. The number of hydrogen-bond donors (Lipinski definition) is 2. The number of amides is 1. The van der Waals surface area contributed by atoms with Crippen molar-refractivity contribution in [2.24, 2.45) is 0 Å². The summed E-state index contributed by atoms with van der Waals surface area (Å²) < 4.78 is 18.5. The zero-order chi connectivity index (χ0) is 25.3. The predicted molar refractivity (Wildman–Crippen MR) is 133 cm³/mol. The molecule has 188 valence electrons. The molecule has 0 fully saturated rings. The molecule has 0 atom stereocenters. The monoisotopic (exact) mass is 476 g/mol. The van der Waals surface area contributed by atoms with Gasteiger partial charge in [-0.05, 0) is 45.7 Å². The van der Waals surface area contributed by atoms with E-state index in [1.54, 1.807) is 12.1 Å². The highest BCUT2D eigenvalue weighted by atomic mass is 16.5. The molecule has 34 heavy (non-hydrogen) atoms. The van der Waals surface area contributed by atoms with E-state index in [0.29, 0.717) is 56.5 Å². The predicted octanol–water partition coefficient (Wildman–Crippen LogP) is 3.17. The number of H-pyrrole nitrogens is 1. The van der Waals surface area contributed by atoms with Crippen LogP contribution in [0.2, 0.25) is 0 Å². The zero-order valence-electron chi connectivity index (χ0n) is 20.7. The van der Waals surface area contributed by atoms with E-state index < -0.39 is 17.2 Å². The molecule has 2 rings (SSSR count). The SMILES string of the molecule is CCCCn1c(N)c(N(CCC)C(=O)c2cc(OCC)c(OCC)c(OCC)c2)c(=O)[nH]c1=O. The molecule has 1 aromatic heterocycles. The van der Waals surface area contributed by atoms with Crippen LogP contribution < -0.4 is 36.1 Å². The van der Waals surface area contributed by atoms with E-state index in [4.69, 9.17) is 19.9 Å². The van der Waals surface area contributed by atoms with E-state index in [1.165, 1.54) is 9.47 Å². The standard InChI is InChI=1S/C24H36N4O6/c1-6-11-13-28-21(25)19(22(29)26-24(28)31)27(12-7-2)23(30)16-14-17(32-8-3)20(34-10-5)18(15-16)33-9-4/h14-15H,6-13,25H2,1-5H3,(H,26,29,31). The molecule has 10 nitrogen and oxygen atoms in total. The molecule has 0 saturated carbocycles. The van der Waals surface area contributed by atoms with E-state index in [0.717, 1.165) is 6.42 Å². The minimum Gasteiger partial charge on any atom is -0.490 e. The van der Waals surface area contributed by atoms with Gasteiger partial charge in [0.1, 0.15) is 5.82 Å². The van der Waals surface area contributed by atoms with E-state index in [1.807, 2.05) is 34.6 Å². The van der Waals surface area contributed by atoms with Crippen molar-refractivity contribution < 1.29 is 19.0 Å². The lowest BCUT2D eigenvalue weighted by Crippen LogP contribution is -2.41. The second kappa shape index (κ2) is 12.7. The maximum absolute atomic E-state index is 13.7. The first-order chi connectivity index (χ1) is 16.3. The van der Waals surface area contributed by atoms with Gasteiger partial charge < -0.3 is 24.8 Å². The van der Waals surface area contributed by atoms with Gasteiger partial charge in [-0.25, -0.2) is 4.79 Å². The Balaban J connectivity index is 2.67. The summed E-state index contributed by atoms with van der Waals surface area (Å²) in [5.74, 6) is 0.639. The van der Waals surface area contributed by atoms with E-state index in [9.17, 15) is 14.4 Å². The van der Waals surface area contributed by atoms with Gasteiger partial charge in [-0.2, -0.15) is 0 Å². The first-order valence-corrected chi connectivity index (χ1v) is 11.8. The van der Waals surface area contributed by atoms with Gasteiger partial charge in [-0.3, -0.25) is 19.1 Å². The van der Waals surface area contributed by atoms with Crippen LogP contribution in [0.15, 0.2) is 21.7 Å². The van der Waals surface area contributed by atoms with Crippen LogP contribution in [0.4, 0.5) is 11.5 Å². The molecule has 1 amide bonds. The summed E-state index contributed by atoms with van der Waals surface area (Å²) in [4.78, 5) is 42.5. The largest absolute Gasteiger partial charge is 0.490 e. The van der Waals surface area contributed by atoms with Crippen LogP contribution in [-0.4, -0.2) is 41.8 Å². The van der Waals surface area contributed by atoms with Crippen molar-refractivity contribution in [2.75, 3.05) is 37.0 Å². The van der Waals surface area contributed by atoms with Crippen LogP contribution in [-0.2, 0) is 6.54 Å². The number of carbonyl (C=O) groups is 1. The average Bonchev–Trinajstić information content (AvgIpc) is 2.80. The summed E-state index contributed by atoms with van der Waals surface area (Å²) in [6, 6.07) is 3.14. The number of benzene rings is 1. The number of unbranched alkanes of at least 4 members (excludes halogenated alkanes) is 1. The quantitative estimate of drug-likeness (QED) is 0.454. The summed E-state index contributed by atoms with van der Waals surface area (Å²) in [5, 5.41) is 0. The minimum atomic E-state index is -0.710. The third-order valence-electron chi connectivity index (χ3n) is 5.07. The van der Waals surface area contributed by atoms with Crippen molar-refractivity contribution in [3.05, 3.63) is 38.5 Å². The van der Waals surface area contributed by atoms with Crippen molar-refractivity contribution in [1.29, 1.82) is 0 Å². The number of hydrogen-bond acceptors (Lipinski definition) is 7. The number of nitrogen functional groups attached to an aromatic ring is 1. The Kier molecular flexibility index (Phi) is 10.0. The van der Waals surface area contributed by atoms with Gasteiger partial charge in [0.15, 0.2) is 17.2 Å². The highest BCUT2D eigenvalue weighted by Crippen LogP contribution is 2.39. The molecule has 0 unspecified atom stereocenters. The Bertz CT molecular complexity index is 1060. The van der Waals surface area contributed by atoms with Crippen LogP contribution >= 0.6 is 0 Å². The van der Waals surface area contributed by atoms with Crippen molar-refractivity contribution in [3.8, 4) is 17.2 Å². The van der Waals surface area contributed by atoms with Crippen LogP contribution in [0, 0.1) is 0 Å². The Hall–Kier alpha value is -3.43. The zero-order valence-corrected chi connectivity index (χ0v) is 20.7. The summed E-state index contributed by atoms with van der Waals surface area (Å²) >= 11 is 0. The van der Waals surface area contributed by atoms with Gasteiger partial charge in [0.2, 0.25) is 5.75 Å². The molecule has 3 N–H and O–H groups in total. The number of nitrogens with zero attached hydrogens (tertiary/aromatic N) is 2. The summed E-state index contributed by atoms with van der Waals surface area (Å²) in [5.41, 5.74) is 5.16. The number of aromatic amines is 1. The molecule has 0 aliphatic carbocycles. The maximum Gasteiger partial charge on any atom is 0.330 e. The normalized spacial score (nSPS) is 10.7. The summed E-state index contributed by atoms with van der Waals surface area (Å²) in [6.07, 6.45) is 2.10. The van der Waals surface area contributed by atoms with E-state index in [-0.39, 0.29) is 23.6 Å². The van der Waals surface area contributed by atoms with Crippen molar-refractivity contribution in [2.45, 2.75) is 60.4 Å². The van der Waals surface area contributed by atoms with Crippen molar-refractivity contribution in [1.82, 2.24) is 9.55 Å². The molecule has 0 radical (unpaired) electrons. The van der Waals surface area contributed by atoms with Gasteiger partial charge in [0.25, 0.3) is 11.5 Å². The van der Waals surface area contributed by atoms with Gasteiger partial charge >= 0.3 is 5.69 Å². The number of nitrogens with one attached hydrogen (secondary N) is 1. The van der Waals surface area contributed by atoms with E-state index in [2.05, 4.69) is 4.98 Å². The Morgan fingerprint density at radius 2 is 1.56 bits per heavy atom. The number of ether oxygens (including phenoxy) is 3. The molecule has 0 saturated heterocycles. The molecule has 0 aliphatic heterocycles. The smallest absolute Gasteiger partial charge is 0.330 e. The van der Waals surface area contributed by atoms with Gasteiger partial charge in [0.05, 0.1) is 19.8 Å². The van der Waals surface area contributed by atoms with E-state index >= 15 is 0 Å². The maximum atomic E-state index is 13.7. The lowest BCUT2D eigenvalue weighted by molar-refractivity contribution is 0.0985. The first kappa shape index (κ1) is 26.8. The van der Waals surface area contributed by atoms with Crippen molar-refractivity contribution in [3.63, 3.8) is 0 Å². The Labute approximate surface area is 199 Å². The molecule has 1 heterocycles. The van der Waals surface area contributed by atoms with Gasteiger partial charge in [-0.1, -0.05) is 20.3 Å². The molecule has 0 spiro atoms. The lowest BCUT2D eigenvalue weighted by Gasteiger charge is -2.25. The Morgan fingerprint density at radius 3 is 2.06 bits per heavy atom. The highest BCUT2D eigenvalue weighted by Gasteiger charge is 2.27. The third kappa shape index (κ3) is 5.92. The van der Waals surface area contributed by atoms with Gasteiger partial charge in [-0.15, -0.1) is 0 Å². The number of nitrogens with two attached hydrogens (primary N) is 1. The molecule has 1 aromatic carbocycles. The third-order valence-corrected chi connectivity index (χ3v) is 5.07. The van der Waals surface area contributed by atoms with Crippen LogP contribution in [0.3, 0.4) is 0 Å². The number of carbonyl (C=O) groups excluding carboxylic acids is 1. The lowest BCUT2D eigenvalue weighted by atomic mass is 10.1. The molecule has 0 bridgehead atoms. The number of anilines is 2. The average molecular weight is 477 g/mol. The number of rotatable bonds is 13.